The van der Waals surface area contributed by atoms with Crippen LogP contribution in [0.5, 0.6) is 0 Å². The molecule has 2 aromatic carbocycles. The van der Waals surface area contributed by atoms with Crippen molar-refractivity contribution >= 4 is 35.4 Å². The monoisotopic (exact) mass is 474 g/mol. The molecular formula is C22H24ClFN6O3. The number of nitrogens with two attached hydrogens (primary N) is 2. The van der Waals surface area contributed by atoms with Crippen molar-refractivity contribution < 1.29 is 19.1 Å². The first-order chi connectivity index (χ1) is 15.8. The van der Waals surface area contributed by atoms with E-state index in [4.69, 9.17) is 23.3 Å². The molecule has 0 spiro atoms. The minimum atomic E-state index is -1.55. The van der Waals surface area contributed by atoms with Crippen molar-refractivity contribution in [2.75, 3.05) is 5.01 Å². The Labute approximate surface area is 194 Å². The number of carbonyl (C=O) groups is 2. The lowest BCUT2D eigenvalue weighted by Crippen LogP contribution is -2.49. The number of halogens is 2. The number of piperidine rings is 1. The molecule has 33 heavy (non-hydrogen) atoms. The summed E-state index contributed by atoms with van der Waals surface area (Å²) in [6, 6.07) is 9.39. The van der Waals surface area contributed by atoms with Crippen LogP contribution in [0.2, 0.25) is 5.02 Å². The number of fused-ring (bicyclic) bond motifs is 1. The van der Waals surface area contributed by atoms with Gasteiger partial charge in [0.05, 0.1) is 5.69 Å². The molecule has 1 saturated carbocycles. The van der Waals surface area contributed by atoms with Gasteiger partial charge in [0.25, 0.3) is 5.91 Å². The van der Waals surface area contributed by atoms with E-state index in [-0.39, 0.29) is 30.0 Å². The largest absolute Gasteiger partial charge is 0.378 e. The first kappa shape index (κ1) is 23.0. The number of amides is 2. The number of hydrogen-bond donors (Lipinski definition) is 4. The van der Waals surface area contributed by atoms with Crippen LogP contribution in [0.4, 0.5) is 10.1 Å². The molecule has 11 heteroatoms. The van der Waals surface area contributed by atoms with Gasteiger partial charge in [0.2, 0.25) is 5.91 Å². The zero-order valence-electron chi connectivity index (χ0n) is 17.6. The van der Waals surface area contributed by atoms with Crippen LogP contribution in [0.15, 0.2) is 47.6 Å². The van der Waals surface area contributed by atoms with Gasteiger partial charge < -0.3 is 21.2 Å². The molecule has 4 rings (SSSR count). The van der Waals surface area contributed by atoms with Gasteiger partial charge in [0.15, 0.2) is 6.10 Å². The van der Waals surface area contributed by atoms with Gasteiger partial charge in [-0.05, 0) is 60.2 Å². The van der Waals surface area contributed by atoms with Crippen LogP contribution in [-0.4, -0.2) is 40.2 Å². The van der Waals surface area contributed by atoms with Crippen molar-refractivity contribution in [1.29, 1.82) is 0 Å². The third kappa shape index (κ3) is 4.77. The maximum Gasteiger partial charge on any atom is 0.256 e. The van der Waals surface area contributed by atoms with Gasteiger partial charge in [-0.1, -0.05) is 23.7 Å². The predicted molar refractivity (Wildman–Crippen MR) is 121 cm³/mol. The topological polar surface area (TPSA) is 137 Å². The molecule has 4 atom stereocenters. The van der Waals surface area contributed by atoms with Crippen LogP contribution in [0.1, 0.15) is 30.1 Å². The fourth-order valence-electron chi connectivity index (χ4n) is 4.35. The molecule has 1 heterocycles. The molecule has 2 aromatic rings. The Morgan fingerprint density at radius 3 is 2.85 bits per heavy atom. The number of hydrazine groups is 1. The molecule has 9 nitrogen and oxygen atoms in total. The minimum Gasteiger partial charge on any atom is -0.378 e. The van der Waals surface area contributed by atoms with Crippen molar-refractivity contribution in [3.8, 4) is 0 Å². The second-order valence-electron chi connectivity index (χ2n) is 8.18. The molecule has 0 aromatic heterocycles. The summed E-state index contributed by atoms with van der Waals surface area (Å²) in [5.41, 5.74) is 1.31. The number of anilines is 1. The zero-order valence-corrected chi connectivity index (χ0v) is 18.3. The number of rotatable bonds is 7. The number of aliphatic hydroxyl groups is 1. The number of nitrogens with zero attached hydrogens (tertiary/aromatic N) is 3. The van der Waals surface area contributed by atoms with Crippen LogP contribution >= 0.6 is 11.6 Å². The van der Waals surface area contributed by atoms with Crippen molar-refractivity contribution in [3.05, 3.63) is 64.4 Å². The van der Waals surface area contributed by atoms with E-state index in [1.807, 2.05) is 0 Å². The van der Waals surface area contributed by atoms with E-state index in [9.17, 15) is 19.1 Å². The highest BCUT2D eigenvalue weighted by molar-refractivity contribution is 6.30. The zero-order chi connectivity index (χ0) is 23.7. The number of nitrogens with one attached hydrogen (secondary N) is 1. The lowest BCUT2D eigenvalue weighted by atomic mass is 10.1. The van der Waals surface area contributed by atoms with Gasteiger partial charge in [-0.25, -0.2) is 10.2 Å². The molecule has 2 amide bonds. The third-order valence-corrected chi connectivity index (χ3v) is 6.26. The number of benzene rings is 2. The Bertz CT molecular complexity index is 1100. The molecule has 4 unspecified atom stereocenters. The molecule has 0 radical (unpaired) electrons. The summed E-state index contributed by atoms with van der Waals surface area (Å²) in [5.74, 6) is 9.77. The lowest BCUT2D eigenvalue weighted by molar-refractivity contribution is -0.147. The fourth-order valence-corrected chi connectivity index (χ4v) is 4.54. The van der Waals surface area contributed by atoms with E-state index in [0.717, 1.165) is 12.5 Å². The highest BCUT2D eigenvalue weighted by Crippen LogP contribution is 2.48. The lowest BCUT2D eigenvalue weighted by Gasteiger charge is -2.29. The maximum atomic E-state index is 13.5. The van der Waals surface area contributed by atoms with Gasteiger partial charge in [0, 0.05) is 17.6 Å². The molecule has 1 aliphatic heterocycles. The van der Waals surface area contributed by atoms with Gasteiger partial charge >= 0.3 is 0 Å². The molecule has 2 aliphatic rings. The molecule has 174 valence electrons. The van der Waals surface area contributed by atoms with Gasteiger partial charge in [-0.3, -0.25) is 14.6 Å². The Morgan fingerprint density at radius 1 is 1.33 bits per heavy atom. The second-order valence-corrected chi connectivity index (χ2v) is 8.62. The Kier molecular flexibility index (Phi) is 6.50. The molecule has 2 fully saturated rings. The Hall–Kier alpha value is -3.21. The normalized spacial score (nSPS) is 22.2. The van der Waals surface area contributed by atoms with Crippen LogP contribution in [0.25, 0.3) is 0 Å². The minimum absolute atomic E-state index is 0.0984. The average molecular weight is 475 g/mol. The maximum absolute atomic E-state index is 13.5. The van der Waals surface area contributed by atoms with E-state index in [2.05, 4.69) is 10.4 Å². The molecular weight excluding hydrogens is 451 g/mol. The van der Waals surface area contributed by atoms with Gasteiger partial charge in [-0.15, -0.1) is 0 Å². The molecule has 1 aliphatic carbocycles. The summed E-state index contributed by atoms with van der Waals surface area (Å²) in [5, 5.41) is 18.4. The van der Waals surface area contributed by atoms with Crippen molar-refractivity contribution in [1.82, 2.24) is 10.2 Å². The smallest absolute Gasteiger partial charge is 0.256 e. The van der Waals surface area contributed by atoms with Gasteiger partial charge in [-0.2, -0.15) is 5.10 Å². The Balaban J connectivity index is 1.47. The van der Waals surface area contributed by atoms with Gasteiger partial charge in [0.1, 0.15) is 18.2 Å². The fraction of sp³-hybridized carbons (Fsp3) is 0.318. The second kappa shape index (κ2) is 9.34. The van der Waals surface area contributed by atoms with Crippen LogP contribution in [0, 0.1) is 11.7 Å². The van der Waals surface area contributed by atoms with E-state index in [0.29, 0.717) is 22.7 Å². The molecule has 6 N–H and O–H groups in total. The van der Waals surface area contributed by atoms with E-state index in [1.165, 1.54) is 34.4 Å². The van der Waals surface area contributed by atoms with E-state index in [1.54, 1.807) is 18.2 Å². The summed E-state index contributed by atoms with van der Waals surface area (Å²) in [6.45, 7) is 0.0984. The SMILES string of the molecule is N/N=C\N(N)c1ccc(Cl)cc1CNC(=O)C1CC2CC2N1C(=O)C(O)c1cccc(F)c1. The van der Waals surface area contributed by atoms with Crippen molar-refractivity contribution in [2.24, 2.45) is 22.7 Å². The first-order valence-electron chi connectivity index (χ1n) is 10.4. The highest BCUT2D eigenvalue weighted by atomic mass is 35.5. The Morgan fingerprint density at radius 2 is 2.12 bits per heavy atom. The summed E-state index contributed by atoms with van der Waals surface area (Å²) in [7, 11) is 0. The number of hydrogen-bond acceptors (Lipinski definition) is 6. The van der Waals surface area contributed by atoms with Crippen LogP contribution in [-0.2, 0) is 16.1 Å². The summed E-state index contributed by atoms with van der Waals surface area (Å²) in [4.78, 5) is 27.5. The van der Waals surface area contributed by atoms with Crippen LogP contribution in [0.3, 0.4) is 0 Å². The highest BCUT2D eigenvalue weighted by Gasteiger charge is 2.56. The predicted octanol–water partition coefficient (Wildman–Crippen LogP) is 1.40. The van der Waals surface area contributed by atoms with E-state index < -0.39 is 23.9 Å². The van der Waals surface area contributed by atoms with Crippen molar-refractivity contribution in [2.45, 2.75) is 37.6 Å². The number of carbonyl (C=O) groups excluding carboxylic acids is 2. The van der Waals surface area contributed by atoms with E-state index >= 15 is 0 Å². The quantitative estimate of drug-likeness (QED) is 0.207. The number of hydrazone groups is 1. The summed E-state index contributed by atoms with van der Waals surface area (Å²) < 4.78 is 13.5. The number of likely N-dealkylation sites (tertiary alicyclic amines) is 1. The first-order valence-corrected chi connectivity index (χ1v) is 10.8. The number of aliphatic hydroxyl groups excluding tert-OH is 1. The standard InChI is InChI=1S/C22H24ClFN6O3/c23-15-4-5-17(29(26)11-28-25)14(6-15)10-27-21(32)19-9-13-8-18(13)30(19)22(33)20(31)12-2-1-3-16(24)7-12/h1-7,11,13,18-20,31H,8-10,25-26H2,(H,27,32)/b28-11-. The summed E-state index contributed by atoms with van der Waals surface area (Å²) in [6.07, 6.45) is 0.956. The van der Waals surface area contributed by atoms with Crippen LogP contribution < -0.4 is 22.0 Å². The van der Waals surface area contributed by atoms with Crippen molar-refractivity contribution in [3.63, 3.8) is 0 Å². The average Bonchev–Trinajstić information content (AvgIpc) is 3.46. The molecule has 0 bridgehead atoms. The summed E-state index contributed by atoms with van der Waals surface area (Å²) >= 11 is 6.10. The molecule has 1 saturated heterocycles. The third-order valence-electron chi connectivity index (χ3n) is 6.02.